The smallest absolute Gasteiger partial charge is 0.244 e. The van der Waals surface area contributed by atoms with Crippen LogP contribution >= 0.6 is 0 Å². The molecule has 0 aliphatic carbocycles. The molecule has 0 amide bonds. The molecule has 0 atom stereocenters. The minimum Gasteiger partial charge on any atom is -0.394 e. The number of aliphatic hydroxyl groups excluding tert-OH is 2. The summed E-state index contributed by atoms with van der Waals surface area (Å²) < 4.78 is 26.6. The molecular weight excluding hydrogens is 290 g/mol. The lowest BCUT2D eigenvalue weighted by Gasteiger charge is -2.33. The Bertz CT molecular complexity index is 669. The van der Waals surface area contributed by atoms with Crippen LogP contribution < -0.4 is 0 Å². The summed E-state index contributed by atoms with van der Waals surface area (Å²) in [6.07, 6.45) is 0. The number of hydrogen-bond donors (Lipinski definition) is 2. The van der Waals surface area contributed by atoms with Crippen LogP contribution in [0, 0.1) is 18.8 Å². The van der Waals surface area contributed by atoms with Crippen LogP contribution in [0.4, 0.5) is 0 Å². The third kappa shape index (κ3) is 3.83. The Morgan fingerprint density at radius 2 is 1.90 bits per heavy atom. The molecule has 0 unspecified atom stereocenters. The van der Waals surface area contributed by atoms with Crippen molar-refractivity contribution >= 4 is 10.0 Å². The summed E-state index contributed by atoms with van der Waals surface area (Å²) in [5, 5.41) is 18.2. The monoisotopic (exact) mass is 311 g/mol. The molecule has 21 heavy (non-hydrogen) atoms. The largest absolute Gasteiger partial charge is 0.394 e. The zero-order valence-corrected chi connectivity index (χ0v) is 13.5. The second kappa shape index (κ2) is 6.58. The predicted octanol–water partition coefficient (Wildman–Crippen LogP) is 0.730. The van der Waals surface area contributed by atoms with Crippen molar-refractivity contribution in [2.45, 2.75) is 31.2 Å². The first kappa shape index (κ1) is 17.7. The van der Waals surface area contributed by atoms with Gasteiger partial charge in [0.15, 0.2) is 0 Å². The van der Waals surface area contributed by atoms with Crippen LogP contribution in [-0.2, 0) is 10.0 Å². The third-order valence-corrected chi connectivity index (χ3v) is 5.44. The molecule has 0 aliphatic rings. The van der Waals surface area contributed by atoms with Gasteiger partial charge >= 0.3 is 0 Å². The van der Waals surface area contributed by atoms with Crippen LogP contribution in [0.3, 0.4) is 0 Å². The Balaban J connectivity index is 3.45. The summed E-state index contributed by atoms with van der Waals surface area (Å²) in [6.45, 7) is 4.47. The van der Waals surface area contributed by atoms with Gasteiger partial charge in [-0.25, -0.2) is 8.42 Å². The number of likely N-dealkylation sites (N-methyl/N-ethyl adjacent to an activating group) is 1. The van der Waals surface area contributed by atoms with E-state index in [9.17, 15) is 13.5 Å². The number of hydrogen-bond acceptors (Lipinski definition) is 4. The van der Waals surface area contributed by atoms with Gasteiger partial charge in [0.1, 0.15) is 6.61 Å². The van der Waals surface area contributed by atoms with Gasteiger partial charge < -0.3 is 10.2 Å². The summed E-state index contributed by atoms with van der Waals surface area (Å²) in [7, 11) is -2.37. The summed E-state index contributed by atoms with van der Waals surface area (Å²) in [4.78, 5) is 0.0677. The molecule has 0 aliphatic heterocycles. The van der Waals surface area contributed by atoms with E-state index in [4.69, 9.17) is 5.11 Å². The van der Waals surface area contributed by atoms with Gasteiger partial charge in [0.05, 0.1) is 17.0 Å². The quantitative estimate of drug-likeness (QED) is 0.804. The van der Waals surface area contributed by atoms with Crippen LogP contribution in [-0.4, -0.2) is 48.7 Å². The molecule has 0 heterocycles. The molecule has 0 fully saturated rings. The molecule has 0 radical (unpaired) electrons. The van der Waals surface area contributed by atoms with E-state index in [1.807, 2.05) is 6.92 Å². The van der Waals surface area contributed by atoms with Crippen molar-refractivity contribution in [2.75, 3.05) is 20.3 Å². The van der Waals surface area contributed by atoms with Crippen LogP contribution in [0.5, 0.6) is 0 Å². The second-order valence-corrected chi connectivity index (χ2v) is 7.34. The maximum Gasteiger partial charge on any atom is 0.244 e. The van der Waals surface area contributed by atoms with E-state index in [0.29, 0.717) is 5.56 Å². The lowest BCUT2D eigenvalue weighted by atomic mass is 10.1. The van der Waals surface area contributed by atoms with Gasteiger partial charge in [-0.15, -0.1) is 0 Å². The number of sulfonamides is 1. The lowest BCUT2D eigenvalue weighted by molar-refractivity contribution is 0.138. The number of rotatable bonds is 4. The zero-order chi connectivity index (χ0) is 16.3. The van der Waals surface area contributed by atoms with Crippen LogP contribution in [0.25, 0.3) is 0 Å². The van der Waals surface area contributed by atoms with Crippen molar-refractivity contribution in [3.63, 3.8) is 0 Å². The number of aliphatic hydroxyl groups is 2. The zero-order valence-electron chi connectivity index (χ0n) is 12.7. The average molecular weight is 311 g/mol. The van der Waals surface area contributed by atoms with Crippen molar-refractivity contribution < 1.29 is 18.6 Å². The molecule has 6 heteroatoms. The Morgan fingerprint density at radius 3 is 2.43 bits per heavy atom. The standard InChI is InChI=1S/C15H21NO4S/c1-12-7-8-14(13(10-12)6-5-9-17)21(19,20)16(4)15(2,3)11-18/h7-8,10,17-18H,9,11H2,1-4H3. The molecule has 116 valence electrons. The minimum absolute atomic E-state index is 0.0677. The number of aryl methyl sites for hydroxylation is 1. The first-order valence-electron chi connectivity index (χ1n) is 6.47. The molecule has 5 nitrogen and oxygen atoms in total. The van der Waals surface area contributed by atoms with Gasteiger partial charge in [-0.05, 0) is 38.5 Å². The van der Waals surface area contributed by atoms with Crippen molar-refractivity contribution in [1.82, 2.24) is 4.31 Å². The topological polar surface area (TPSA) is 77.8 Å². The first-order valence-corrected chi connectivity index (χ1v) is 7.91. The number of benzene rings is 1. The average Bonchev–Trinajstić information content (AvgIpc) is 2.43. The van der Waals surface area contributed by atoms with E-state index in [1.54, 1.807) is 26.0 Å². The third-order valence-electron chi connectivity index (χ3n) is 3.32. The fourth-order valence-corrected chi connectivity index (χ4v) is 3.30. The molecule has 1 aromatic carbocycles. The summed E-state index contributed by atoms with van der Waals surface area (Å²) in [6, 6.07) is 4.85. The fourth-order valence-electron chi connectivity index (χ4n) is 1.67. The molecule has 0 spiro atoms. The van der Waals surface area contributed by atoms with Crippen LogP contribution in [0.2, 0.25) is 0 Å². The minimum atomic E-state index is -3.80. The SMILES string of the molecule is Cc1ccc(S(=O)(=O)N(C)C(C)(C)CO)c(C#CCO)c1. The summed E-state index contributed by atoms with van der Waals surface area (Å²) in [5.41, 5.74) is 0.288. The predicted molar refractivity (Wildman–Crippen MR) is 81.3 cm³/mol. The van der Waals surface area contributed by atoms with Gasteiger partial charge in [-0.2, -0.15) is 4.31 Å². The summed E-state index contributed by atoms with van der Waals surface area (Å²) in [5.74, 6) is 5.13. The van der Waals surface area contributed by atoms with Crippen molar-refractivity contribution in [3.8, 4) is 11.8 Å². The Kier molecular flexibility index (Phi) is 5.54. The molecule has 1 rings (SSSR count). The molecule has 2 N–H and O–H groups in total. The highest BCUT2D eigenvalue weighted by atomic mass is 32.2. The Labute approximate surface area is 126 Å². The van der Waals surface area contributed by atoms with E-state index in [1.165, 1.54) is 13.1 Å². The normalized spacial score (nSPS) is 12.1. The van der Waals surface area contributed by atoms with Crippen molar-refractivity contribution in [3.05, 3.63) is 29.3 Å². The fraction of sp³-hybridized carbons (Fsp3) is 0.467. The first-order chi connectivity index (χ1) is 9.66. The van der Waals surface area contributed by atoms with Crippen molar-refractivity contribution in [1.29, 1.82) is 0 Å². The Morgan fingerprint density at radius 1 is 1.29 bits per heavy atom. The van der Waals surface area contributed by atoms with Crippen LogP contribution in [0.1, 0.15) is 25.0 Å². The molecule has 0 saturated carbocycles. The maximum absolute atomic E-state index is 12.7. The summed E-state index contributed by atoms with van der Waals surface area (Å²) >= 11 is 0. The molecular formula is C15H21NO4S. The number of nitrogens with zero attached hydrogens (tertiary/aromatic N) is 1. The van der Waals surface area contributed by atoms with Gasteiger partial charge in [-0.3, -0.25) is 0 Å². The highest BCUT2D eigenvalue weighted by molar-refractivity contribution is 7.89. The second-order valence-electron chi connectivity index (χ2n) is 5.40. The van der Waals surface area contributed by atoms with Crippen LogP contribution in [0.15, 0.2) is 23.1 Å². The van der Waals surface area contributed by atoms with Gasteiger partial charge in [0.25, 0.3) is 0 Å². The molecule has 1 aromatic rings. The molecule has 0 aromatic heterocycles. The molecule has 0 bridgehead atoms. The van der Waals surface area contributed by atoms with E-state index in [2.05, 4.69) is 11.8 Å². The van der Waals surface area contributed by atoms with E-state index in [0.717, 1.165) is 9.87 Å². The van der Waals surface area contributed by atoms with E-state index in [-0.39, 0.29) is 18.1 Å². The van der Waals surface area contributed by atoms with E-state index >= 15 is 0 Å². The van der Waals surface area contributed by atoms with E-state index < -0.39 is 15.6 Å². The van der Waals surface area contributed by atoms with Gasteiger partial charge in [-0.1, -0.05) is 17.9 Å². The van der Waals surface area contributed by atoms with Crippen molar-refractivity contribution in [2.24, 2.45) is 0 Å². The highest BCUT2D eigenvalue weighted by Gasteiger charge is 2.34. The maximum atomic E-state index is 12.7. The molecule has 0 saturated heterocycles. The Hall–Kier alpha value is -1.39. The lowest BCUT2D eigenvalue weighted by Crippen LogP contribution is -2.47. The van der Waals surface area contributed by atoms with Gasteiger partial charge in [0.2, 0.25) is 10.0 Å². The van der Waals surface area contributed by atoms with Gasteiger partial charge in [0, 0.05) is 12.6 Å². The highest BCUT2D eigenvalue weighted by Crippen LogP contribution is 2.25.